The van der Waals surface area contributed by atoms with Gasteiger partial charge in [0, 0.05) is 42.2 Å². The molecule has 0 saturated carbocycles. The highest BCUT2D eigenvalue weighted by molar-refractivity contribution is 5.91. The highest BCUT2D eigenvalue weighted by Gasteiger charge is 2.18. The van der Waals surface area contributed by atoms with Crippen molar-refractivity contribution in [2.75, 3.05) is 21.3 Å². The molecule has 0 aliphatic heterocycles. The number of para-hydroxylation sites is 2. The van der Waals surface area contributed by atoms with Gasteiger partial charge in [-0.15, -0.1) is 0 Å². The highest BCUT2D eigenvalue weighted by Crippen LogP contribution is 2.33. The molecule has 0 bridgehead atoms. The van der Waals surface area contributed by atoms with Crippen LogP contribution in [-0.4, -0.2) is 37.1 Å². The smallest absolute Gasteiger partial charge is 0.222 e. The minimum absolute atomic E-state index is 0.0233. The summed E-state index contributed by atoms with van der Waals surface area (Å²) in [6, 6.07) is 20.1. The molecular weight excluding hydrogens is 419 g/mol. The van der Waals surface area contributed by atoms with Crippen LogP contribution in [0, 0.1) is 5.82 Å². The largest absolute Gasteiger partial charge is 0.493 e. The predicted molar refractivity (Wildman–Crippen MR) is 128 cm³/mol. The van der Waals surface area contributed by atoms with Gasteiger partial charge in [0.15, 0.2) is 11.5 Å². The number of hydrogen-bond donors (Lipinski definition) is 1. The Bertz CT molecular complexity index is 1260. The fourth-order valence-corrected chi connectivity index (χ4v) is 4.17. The van der Waals surface area contributed by atoms with Crippen LogP contribution in [0.3, 0.4) is 0 Å². The molecule has 0 unspecified atom stereocenters. The summed E-state index contributed by atoms with van der Waals surface area (Å²) in [5.74, 6) is 1.02. The number of halogens is 1. The number of aromatic nitrogens is 1. The van der Waals surface area contributed by atoms with Crippen molar-refractivity contribution in [2.24, 2.45) is 0 Å². The molecule has 0 fully saturated rings. The number of methoxy groups -OCH3 is 2. The third-order valence-electron chi connectivity index (χ3n) is 5.85. The van der Waals surface area contributed by atoms with Crippen LogP contribution < -0.4 is 9.47 Å². The minimum atomic E-state index is -0.277. The molecule has 1 aromatic heterocycles. The number of rotatable bonds is 8. The molecule has 170 valence electrons. The summed E-state index contributed by atoms with van der Waals surface area (Å²) in [6.45, 7) is 0.415. The van der Waals surface area contributed by atoms with E-state index in [1.807, 2.05) is 42.5 Å². The molecular formula is C27H27FN2O3. The average molecular weight is 447 g/mol. The second kappa shape index (κ2) is 9.77. The van der Waals surface area contributed by atoms with Crippen molar-refractivity contribution in [3.8, 4) is 22.8 Å². The Hall–Kier alpha value is -3.80. The average Bonchev–Trinajstić information content (AvgIpc) is 3.21. The van der Waals surface area contributed by atoms with Gasteiger partial charge in [-0.05, 0) is 53.9 Å². The first kappa shape index (κ1) is 22.4. The van der Waals surface area contributed by atoms with E-state index in [0.717, 1.165) is 33.3 Å². The van der Waals surface area contributed by atoms with Gasteiger partial charge in [0.05, 0.1) is 14.2 Å². The zero-order valence-electron chi connectivity index (χ0n) is 19.0. The fraction of sp³-hybridized carbons (Fsp3) is 0.222. The maximum absolute atomic E-state index is 13.5. The van der Waals surface area contributed by atoms with Crippen molar-refractivity contribution in [3.63, 3.8) is 0 Å². The number of nitrogens with zero attached hydrogens (tertiary/aromatic N) is 1. The van der Waals surface area contributed by atoms with Gasteiger partial charge in [-0.2, -0.15) is 0 Å². The Morgan fingerprint density at radius 1 is 0.970 bits per heavy atom. The second-order valence-corrected chi connectivity index (χ2v) is 7.93. The summed E-state index contributed by atoms with van der Waals surface area (Å²) in [6.07, 6.45) is 0.911. The normalized spacial score (nSPS) is 10.9. The SMILES string of the molecule is COc1cccc(CN(C)C(=O)CCc2c(-c3ccc(F)cc3)[nH]c3ccccc23)c1OC. The number of carbonyl (C=O) groups excluding carboxylic acids is 1. The van der Waals surface area contributed by atoms with Gasteiger partial charge < -0.3 is 19.4 Å². The van der Waals surface area contributed by atoms with Gasteiger partial charge in [-0.25, -0.2) is 4.39 Å². The first-order valence-electron chi connectivity index (χ1n) is 10.8. The Labute approximate surface area is 192 Å². The second-order valence-electron chi connectivity index (χ2n) is 7.93. The van der Waals surface area contributed by atoms with Crippen molar-refractivity contribution in [3.05, 3.63) is 83.7 Å². The molecule has 4 aromatic rings. The molecule has 1 heterocycles. The molecule has 0 radical (unpaired) electrons. The van der Waals surface area contributed by atoms with Gasteiger partial charge in [-0.1, -0.05) is 30.3 Å². The summed E-state index contributed by atoms with van der Waals surface area (Å²) in [5.41, 5.74) is 4.74. The highest BCUT2D eigenvalue weighted by atomic mass is 19.1. The van der Waals surface area contributed by atoms with E-state index >= 15 is 0 Å². The number of aromatic amines is 1. The van der Waals surface area contributed by atoms with E-state index < -0.39 is 0 Å². The van der Waals surface area contributed by atoms with E-state index in [-0.39, 0.29) is 11.7 Å². The number of fused-ring (bicyclic) bond motifs is 1. The van der Waals surface area contributed by atoms with Crippen LogP contribution in [0.1, 0.15) is 17.5 Å². The van der Waals surface area contributed by atoms with Crippen LogP contribution >= 0.6 is 0 Å². The summed E-state index contributed by atoms with van der Waals surface area (Å²) in [5, 5.41) is 1.07. The number of aryl methyl sites for hydroxylation is 1. The summed E-state index contributed by atoms with van der Waals surface area (Å²) >= 11 is 0. The monoisotopic (exact) mass is 446 g/mol. The zero-order valence-corrected chi connectivity index (χ0v) is 19.0. The molecule has 3 aromatic carbocycles. The van der Waals surface area contributed by atoms with Gasteiger partial charge >= 0.3 is 0 Å². The maximum Gasteiger partial charge on any atom is 0.222 e. The van der Waals surface area contributed by atoms with Crippen LogP contribution in [-0.2, 0) is 17.8 Å². The third kappa shape index (κ3) is 4.70. The van der Waals surface area contributed by atoms with E-state index in [1.54, 1.807) is 38.3 Å². The molecule has 0 aliphatic carbocycles. The third-order valence-corrected chi connectivity index (χ3v) is 5.85. The lowest BCUT2D eigenvalue weighted by molar-refractivity contribution is -0.130. The molecule has 1 N–H and O–H groups in total. The topological polar surface area (TPSA) is 54.6 Å². The minimum Gasteiger partial charge on any atom is -0.493 e. The first-order valence-corrected chi connectivity index (χ1v) is 10.8. The molecule has 5 nitrogen and oxygen atoms in total. The predicted octanol–water partition coefficient (Wildman–Crippen LogP) is 5.58. The molecule has 0 atom stereocenters. The number of amides is 1. The van der Waals surface area contributed by atoms with E-state index in [2.05, 4.69) is 4.98 Å². The van der Waals surface area contributed by atoms with Crippen LogP contribution in [0.5, 0.6) is 11.5 Å². The molecule has 0 saturated heterocycles. The lowest BCUT2D eigenvalue weighted by atomic mass is 10.0. The summed E-state index contributed by atoms with van der Waals surface area (Å²) in [7, 11) is 4.98. The lowest BCUT2D eigenvalue weighted by Gasteiger charge is -2.20. The molecule has 4 rings (SSSR count). The Morgan fingerprint density at radius 2 is 1.73 bits per heavy atom. The van der Waals surface area contributed by atoms with Crippen molar-refractivity contribution in [2.45, 2.75) is 19.4 Å². The van der Waals surface area contributed by atoms with Crippen molar-refractivity contribution >= 4 is 16.8 Å². The molecule has 0 spiro atoms. The van der Waals surface area contributed by atoms with Gasteiger partial charge in [0.25, 0.3) is 0 Å². The molecule has 6 heteroatoms. The van der Waals surface area contributed by atoms with Crippen LogP contribution in [0.25, 0.3) is 22.2 Å². The standard InChI is InChI=1S/C27H27FN2O3/c1-30(17-19-7-6-10-24(32-2)27(19)33-3)25(31)16-15-22-21-8-4-5-9-23(21)29-26(22)18-11-13-20(28)14-12-18/h4-14,29H,15-17H2,1-3H3. The van der Waals surface area contributed by atoms with Gasteiger partial charge in [0.2, 0.25) is 5.91 Å². The zero-order chi connectivity index (χ0) is 23.4. The molecule has 0 aliphatic rings. The molecule has 33 heavy (non-hydrogen) atoms. The quantitative estimate of drug-likeness (QED) is 0.384. The van der Waals surface area contributed by atoms with Crippen LogP contribution in [0.2, 0.25) is 0 Å². The lowest BCUT2D eigenvalue weighted by Crippen LogP contribution is -2.26. The van der Waals surface area contributed by atoms with Crippen molar-refractivity contribution in [1.29, 1.82) is 0 Å². The van der Waals surface area contributed by atoms with Gasteiger partial charge in [0.1, 0.15) is 5.82 Å². The number of nitrogens with one attached hydrogen (secondary N) is 1. The Balaban J connectivity index is 1.54. The number of hydrogen-bond acceptors (Lipinski definition) is 3. The Morgan fingerprint density at radius 3 is 2.45 bits per heavy atom. The van der Waals surface area contributed by atoms with Crippen LogP contribution in [0.4, 0.5) is 4.39 Å². The number of benzene rings is 3. The van der Waals surface area contributed by atoms with E-state index in [9.17, 15) is 9.18 Å². The number of carbonyl (C=O) groups is 1. The number of ether oxygens (including phenoxy) is 2. The summed E-state index contributed by atoms with van der Waals surface area (Å²) in [4.78, 5) is 18.2. The summed E-state index contributed by atoms with van der Waals surface area (Å²) < 4.78 is 24.3. The Kier molecular flexibility index (Phi) is 6.63. The van der Waals surface area contributed by atoms with Gasteiger partial charge in [-0.3, -0.25) is 4.79 Å². The van der Waals surface area contributed by atoms with Crippen LogP contribution in [0.15, 0.2) is 66.7 Å². The first-order chi connectivity index (χ1) is 16.0. The van der Waals surface area contributed by atoms with Crippen molar-refractivity contribution in [1.82, 2.24) is 9.88 Å². The van der Waals surface area contributed by atoms with Crippen molar-refractivity contribution < 1.29 is 18.7 Å². The van der Waals surface area contributed by atoms with E-state index in [0.29, 0.717) is 30.9 Å². The number of H-pyrrole nitrogens is 1. The van der Waals surface area contributed by atoms with E-state index in [1.165, 1.54) is 12.1 Å². The fourth-order valence-electron chi connectivity index (χ4n) is 4.17. The van der Waals surface area contributed by atoms with E-state index in [4.69, 9.17) is 9.47 Å². The maximum atomic E-state index is 13.5. The molecule has 1 amide bonds.